The molecule has 126 valence electrons. The molecule has 0 unspecified atom stereocenters. The van der Waals surface area contributed by atoms with Gasteiger partial charge in [-0.3, -0.25) is 14.6 Å². The number of hydrogen-bond acceptors (Lipinski definition) is 7. The lowest BCUT2D eigenvalue weighted by Crippen LogP contribution is -2.39. The number of nitrogens with one attached hydrogen (secondary N) is 1. The normalized spacial score (nSPS) is 13.6. The number of amides is 1. The molecule has 0 atom stereocenters. The van der Waals surface area contributed by atoms with Crippen LogP contribution in [-0.4, -0.2) is 41.9 Å². The van der Waals surface area contributed by atoms with Crippen LogP contribution in [0.5, 0.6) is 0 Å². The summed E-state index contributed by atoms with van der Waals surface area (Å²) < 4.78 is 3.82. The van der Waals surface area contributed by atoms with Crippen molar-refractivity contribution >= 4 is 17.4 Å². The molecule has 25 heavy (non-hydrogen) atoms. The van der Waals surface area contributed by atoms with Gasteiger partial charge in [-0.15, -0.1) is 5.10 Å². The average molecular weight is 354 g/mol. The predicted molar refractivity (Wildman–Crippen MR) is 91.2 cm³/mol. The van der Waals surface area contributed by atoms with Crippen molar-refractivity contribution in [2.75, 3.05) is 6.54 Å². The number of aromatic nitrogens is 5. The van der Waals surface area contributed by atoms with Gasteiger partial charge in [0.25, 0.3) is 11.5 Å². The van der Waals surface area contributed by atoms with Crippen molar-refractivity contribution in [3.05, 3.63) is 56.7 Å². The fourth-order valence-corrected chi connectivity index (χ4v) is 3.46. The molecule has 1 aliphatic heterocycles. The number of fused-ring (bicyclic) bond motifs is 1. The quantitative estimate of drug-likeness (QED) is 0.741. The zero-order valence-corrected chi connectivity index (χ0v) is 14.2. The molecular formula is C16H14N6O2S. The van der Waals surface area contributed by atoms with Gasteiger partial charge in [0.05, 0.1) is 17.9 Å². The summed E-state index contributed by atoms with van der Waals surface area (Å²) in [6.45, 7) is 2.54. The Hall–Kier alpha value is -2.94. The monoisotopic (exact) mass is 354 g/mol. The van der Waals surface area contributed by atoms with Crippen LogP contribution in [0.25, 0.3) is 11.4 Å². The first-order chi connectivity index (χ1) is 12.1. The predicted octanol–water partition coefficient (Wildman–Crippen LogP) is 1.19. The van der Waals surface area contributed by atoms with Crippen molar-refractivity contribution in [3.63, 3.8) is 0 Å². The minimum absolute atomic E-state index is 0.120. The Morgan fingerprint density at radius 1 is 1.32 bits per heavy atom. The number of H-pyrrole nitrogens is 1. The topological polar surface area (TPSA) is 105 Å². The van der Waals surface area contributed by atoms with Gasteiger partial charge in [0, 0.05) is 30.1 Å². The lowest BCUT2D eigenvalue weighted by Gasteiger charge is -2.27. The lowest BCUT2D eigenvalue weighted by molar-refractivity contribution is 0.0735. The molecule has 1 amide bonds. The third kappa shape index (κ3) is 2.82. The Labute approximate surface area is 146 Å². The first-order valence-electron chi connectivity index (χ1n) is 7.74. The van der Waals surface area contributed by atoms with E-state index in [9.17, 15) is 9.59 Å². The van der Waals surface area contributed by atoms with E-state index in [2.05, 4.69) is 24.5 Å². The lowest BCUT2D eigenvalue weighted by atomic mass is 10.1. The van der Waals surface area contributed by atoms with Gasteiger partial charge in [-0.05, 0) is 37.0 Å². The number of nitrogens with zero attached hydrogens (tertiary/aromatic N) is 5. The molecule has 3 aromatic rings. The van der Waals surface area contributed by atoms with Crippen LogP contribution in [0, 0.1) is 6.92 Å². The van der Waals surface area contributed by atoms with Gasteiger partial charge in [-0.1, -0.05) is 4.49 Å². The van der Waals surface area contributed by atoms with E-state index in [1.165, 1.54) is 0 Å². The van der Waals surface area contributed by atoms with E-state index in [1.807, 2.05) is 0 Å². The minimum atomic E-state index is -0.153. The summed E-state index contributed by atoms with van der Waals surface area (Å²) in [6, 6.07) is 3.56. The Bertz CT molecular complexity index is 997. The number of aryl methyl sites for hydroxylation is 1. The summed E-state index contributed by atoms with van der Waals surface area (Å²) in [7, 11) is 0. The molecule has 3 aromatic heterocycles. The number of carbonyl (C=O) groups excluding carboxylic acids is 1. The number of hydrogen-bond donors (Lipinski definition) is 1. The van der Waals surface area contributed by atoms with Crippen molar-refractivity contribution in [1.29, 1.82) is 0 Å². The minimum Gasteiger partial charge on any atom is -0.332 e. The van der Waals surface area contributed by atoms with Gasteiger partial charge < -0.3 is 9.88 Å². The highest BCUT2D eigenvalue weighted by Crippen LogP contribution is 2.21. The van der Waals surface area contributed by atoms with Crippen molar-refractivity contribution < 1.29 is 4.79 Å². The molecule has 0 aliphatic carbocycles. The molecule has 0 aromatic carbocycles. The smallest absolute Gasteiger partial charge is 0.267 e. The van der Waals surface area contributed by atoms with E-state index < -0.39 is 0 Å². The van der Waals surface area contributed by atoms with Gasteiger partial charge in [0.15, 0.2) is 0 Å². The van der Waals surface area contributed by atoms with Crippen LogP contribution in [0.4, 0.5) is 0 Å². The standard InChI is InChI=1S/C16H14N6O2S/c1-9-13(25-21-20-9)16(24)22-7-4-11-12(8-22)18-14(19-15(11)23)10-2-5-17-6-3-10/h2-3,5-6H,4,7-8H2,1H3,(H,18,19,23). The second kappa shape index (κ2) is 6.17. The molecule has 4 rings (SSSR count). The first kappa shape index (κ1) is 15.6. The van der Waals surface area contributed by atoms with E-state index in [0.717, 1.165) is 17.1 Å². The summed E-state index contributed by atoms with van der Waals surface area (Å²) in [5.41, 5.74) is 2.52. The van der Waals surface area contributed by atoms with E-state index in [0.29, 0.717) is 47.2 Å². The highest BCUT2D eigenvalue weighted by Gasteiger charge is 2.27. The maximum atomic E-state index is 12.7. The molecule has 0 spiro atoms. The van der Waals surface area contributed by atoms with Crippen molar-refractivity contribution in [3.8, 4) is 11.4 Å². The average Bonchev–Trinajstić information content (AvgIpc) is 3.07. The molecule has 1 aliphatic rings. The molecule has 8 nitrogen and oxygen atoms in total. The van der Waals surface area contributed by atoms with Crippen LogP contribution in [0.15, 0.2) is 29.3 Å². The zero-order valence-electron chi connectivity index (χ0n) is 13.4. The molecule has 0 radical (unpaired) electrons. The van der Waals surface area contributed by atoms with E-state index >= 15 is 0 Å². The molecule has 1 N–H and O–H groups in total. The van der Waals surface area contributed by atoms with E-state index in [-0.39, 0.29) is 11.5 Å². The van der Waals surface area contributed by atoms with Gasteiger partial charge in [0.2, 0.25) is 0 Å². The SMILES string of the molecule is Cc1nnsc1C(=O)N1CCc2c(nc(-c3ccncc3)[nH]c2=O)C1. The molecule has 4 heterocycles. The third-order valence-corrected chi connectivity index (χ3v) is 4.98. The van der Waals surface area contributed by atoms with Crippen molar-refractivity contribution in [1.82, 2.24) is 29.4 Å². The van der Waals surface area contributed by atoms with Crippen molar-refractivity contribution in [2.45, 2.75) is 19.9 Å². The summed E-state index contributed by atoms with van der Waals surface area (Å²) in [5.74, 6) is 0.363. The second-order valence-electron chi connectivity index (χ2n) is 5.74. The Morgan fingerprint density at radius 3 is 2.84 bits per heavy atom. The molecular weight excluding hydrogens is 340 g/mol. The number of pyridine rings is 1. The number of rotatable bonds is 2. The van der Waals surface area contributed by atoms with Gasteiger partial charge in [-0.2, -0.15) is 0 Å². The summed E-state index contributed by atoms with van der Waals surface area (Å²) in [4.78, 5) is 38.6. The summed E-state index contributed by atoms with van der Waals surface area (Å²) in [5, 5.41) is 3.89. The van der Waals surface area contributed by atoms with Gasteiger partial charge in [-0.25, -0.2) is 4.98 Å². The van der Waals surface area contributed by atoms with Crippen LogP contribution in [0.3, 0.4) is 0 Å². The Morgan fingerprint density at radius 2 is 2.12 bits per heavy atom. The number of aromatic amines is 1. The second-order valence-corrected chi connectivity index (χ2v) is 6.49. The summed E-state index contributed by atoms with van der Waals surface area (Å²) in [6.07, 6.45) is 3.76. The van der Waals surface area contributed by atoms with E-state index in [1.54, 1.807) is 36.4 Å². The van der Waals surface area contributed by atoms with Crippen molar-refractivity contribution in [2.24, 2.45) is 0 Å². The zero-order chi connectivity index (χ0) is 17.4. The molecule has 9 heteroatoms. The van der Waals surface area contributed by atoms with Crippen LogP contribution in [0.2, 0.25) is 0 Å². The fraction of sp³-hybridized carbons (Fsp3) is 0.250. The summed E-state index contributed by atoms with van der Waals surface area (Å²) >= 11 is 1.09. The third-order valence-electron chi connectivity index (χ3n) is 4.16. The Balaban J connectivity index is 1.68. The fourth-order valence-electron chi connectivity index (χ4n) is 2.83. The maximum Gasteiger partial charge on any atom is 0.267 e. The van der Waals surface area contributed by atoms with Crippen LogP contribution in [0.1, 0.15) is 26.6 Å². The van der Waals surface area contributed by atoms with E-state index in [4.69, 9.17) is 0 Å². The molecule has 0 saturated heterocycles. The number of carbonyl (C=O) groups is 1. The Kier molecular flexibility index (Phi) is 3.85. The molecule has 0 fully saturated rings. The largest absolute Gasteiger partial charge is 0.332 e. The molecule has 0 saturated carbocycles. The van der Waals surface area contributed by atoms with Gasteiger partial charge in [0.1, 0.15) is 10.7 Å². The van der Waals surface area contributed by atoms with Crippen LogP contribution in [-0.2, 0) is 13.0 Å². The molecule has 0 bridgehead atoms. The van der Waals surface area contributed by atoms with Crippen LogP contribution < -0.4 is 5.56 Å². The first-order valence-corrected chi connectivity index (χ1v) is 8.51. The van der Waals surface area contributed by atoms with Crippen LogP contribution >= 0.6 is 11.5 Å². The highest BCUT2D eigenvalue weighted by atomic mass is 32.1. The van der Waals surface area contributed by atoms with Gasteiger partial charge >= 0.3 is 0 Å². The maximum absolute atomic E-state index is 12.7. The highest BCUT2D eigenvalue weighted by molar-refractivity contribution is 7.07.